The Labute approximate surface area is 226 Å². The molecule has 3 aromatic rings. The number of carboxylic acid groups (broad SMARTS) is 1. The fourth-order valence-electron chi connectivity index (χ4n) is 4.90. The number of piperidine rings is 1. The van der Waals surface area contributed by atoms with Crippen LogP contribution in [-0.2, 0) is 4.79 Å². The maximum Gasteiger partial charge on any atom is 0.309 e. The van der Waals surface area contributed by atoms with E-state index in [1.165, 1.54) is 11.1 Å². The lowest BCUT2D eigenvalue weighted by molar-refractivity contribution is -0.153. The van der Waals surface area contributed by atoms with Crippen LogP contribution >= 0.6 is 23.4 Å². The van der Waals surface area contributed by atoms with Crippen molar-refractivity contribution < 1.29 is 23.8 Å². The summed E-state index contributed by atoms with van der Waals surface area (Å²) < 4.78 is 26.1. The van der Waals surface area contributed by atoms with Crippen LogP contribution in [0.3, 0.4) is 0 Å². The summed E-state index contributed by atoms with van der Waals surface area (Å²) in [6.45, 7) is 2.24. The first kappa shape index (κ1) is 27.5. The number of benzene rings is 2. The third-order valence-corrected chi connectivity index (χ3v) is 8.55. The van der Waals surface area contributed by atoms with Crippen molar-refractivity contribution in [1.82, 2.24) is 9.88 Å². The van der Waals surface area contributed by atoms with Gasteiger partial charge in [-0.3, -0.25) is 9.78 Å². The van der Waals surface area contributed by atoms with Crippen molar-refractivity contribution in [3.63, 3.8) is 0 Å². The number of aromatic nitrogens is 1. The molecule has 0 saturated carbocycles. The number of ether oxygens (including phenoxy) is 2. The molecule has 0 bridgehead atoms. The van der Waals surface area contributed by atoms with Crippen LogP contribution in [0.5, 0.6) is 11.5 Å². The molecule has 1 aliphatic heterocycles. The number of hydrogen-bond acceptors (Lipinski definition) is 6. The Morgan fingerprint density at radius 1 is 1.16 bits per heavy atom. The van der Waals surface area contributed by atoms with Crippen molar-refractivity contribution in [3.05, 3.63) is 59.2 Å². The minimum atomic E-state index is -1.40. The molecule has 1 atom stereocenters. The number of aliphatic carboxylic acids is 1. The fourth-order valence-corrected chi connectivity index (χ4v) is 6.08. The third-order valence-electron chi connectivity index (χ3n) is 7.26. The van der Waals surface area contributed by atoms with E-state index in [9.17, 15) is 9.90 Å². The van der Waals surface area contributed by atoms with Crippen molar-refractivity contribution >= 4 is 40.2 Å². The lowest BCUT2D eigenvalue weighted by Crippen LogP contribution is -2.45. The van der Waals surface area contributed by atoms with Gasteiger partial charge in [0, 0.05) is 34.3 Å². The van der Waals surface area contributed by atoms with Crippen molar-refractivity contribution in [2.24, 2.45) is 5.41 Å². The normalized spacial score (nSPS) is 16.4. The molecule has 1 N–H and O–H groups in total. The number of hydrogen-bond donors (Lipinski definition) is 1. The van der Waals surface area contributed by atoms with Crippen molar-refractivity contribution in [2.45, 2.75) is 36.8 Å². The SMILES string of the molecule is COc1ccc(SCCN2CCC(CC[C@@H](F)c3c(Cl)cnc4ccc(OC)cc34)(C(=O)O)CC2)cc1. The van der Waals surface area contributed by atoms with Gasteiger partial charge in [-0.25, -0.2) is 4.39 Å². The molecule has 0 unspecified atom stereocenters. The topological polar surface area (TPSA) is 71.9 Å². The number of halogens is 2. The summed E-state index contributed by atoms with van der Waals surface area (Å²) in [6, 6.07) is 13.2. The van der Waals surface area contributed by atoms with Gasteiger partial charge in [-0.1, -0.05) is 11.6 Å². The highest BCUT2D eigenvalue weighted by molar-refractivity contribution is 7.99. The van der Waals surface area contributed by atoms with E-state index < -0.39 is 17.6 Å². The minimum absolute atomic E-state index is 0.0790. The molecule has 1 saturated heterocycles. The Morgan fingerprint density at radius 2 is 1.84 bits per heavy atom. The Hall–Kier alpha value is -2.55. The van der Waals surface area contributed by atoms with E-state index in [1.807, 2.05) is 24.3 Å². The summed E-state index contributed by atoms with van der Waals surface area (Å²) in [5.41, 5.74) is 0.0347. The summed E-state index contributed by atoms with van der Waals surface area (Å²) in [6.07, 6.45) is 1.38. The number of thioether (sulfide) groups is 1. The molecule has 0 aliphatic carbocycles. The van der Waals surface area contributed by atoms with Gasteiger partial charge in [-0.2, -0.15) is 0 Å². The molecule has 1 fully saturated rings. The van der Waals surface area contributed by atoms with Gasteiger partial charge in [0.2, 0.25) is 0 Å². The van der Waals surface area contributed by atoms with E-state index in [0.29, 0.717) is 48.1 Å². The number of fused-ring (bicyclic) bond motifs is 1. The van der Waals surface area contributed by atoms with E-state index >= 15 is 4.39 Å². The average molecular weight is 547 g/mol. The van der Waals surface area contributed by atoms with Gasteiger partial charge in [-0.15, -0.1) is 11.8 Å². The van der Waals surface area contributed by atoms with Gasteiger partial charge >= 0.3 is 5.97 Å². The van der Waals surface area contributed by atoms with Crippen LogP contribution < -0.4 is 9.47 Å². The van der Waals surface area contributed by atoms with Gasteiger partial charge in [-0.05, 0) is 81.2 Å². The number of carboxylic acids is 1. The molecular weight excluding hydrogens is 515 g/mol. The second kappa shape index (κ2) is 12.3. The molecule has 198 valence electrons. The first-order chi connectivity index (χ1) is 17.8. The highest BCUT2D eigenvalue weighted by Crippen LogP contribution is 2.42. The summed E-state index contributed by atoms with van der Waals surface area (Å²) in [5, 5.41) is 10.9. The molecule has 1 aromatic heterocycles. The molecule has 1 aliphatic rings. The second-order valence-electron chi connectivity index (χ2n) is 9.36. The quantitative estimate of drug-likeness (QED) is 0.270. The Bertz CT molecular complexity index is 1220. The summed E-state index contributed by atoms with van der Waals surface area (Å²) >= 11 is 8.13. The van der Waals surface area contributed by atoms with Crippen LogP contribution in [0.4, 0.5) is 4.39 Å². The molecule has 0 spiro atoms. The van der Waals surface area contributed by atoms with Gasteiger partial charge in [0.15, 0.2) is 0 Å². The second-order valence-corrected chi connectivity index (χ2v) is 10.9. The zero-order valence-corrected chi connectivity index (χ0v) is 22.7. The third kappa shape index (κ3) is 6.48. The number of methoxy groups -OCH3 is 2. The molecule has 9 heteroatoms. The van der Waals surface area contributed by atoms with Crippen molar-refractivity contribution in [2.75, 3.05) is 39.6 Å². The van der Waals surface area contributed by atoms with Gasteiger partial charge in [0.1, 0.15) is 17.7 Å². The number of nitrogens with zero attached hydrogens (tertiary/aromatic N) is 2. The molecule has 37 heavy (non-hydrogen) atoms. The van der Waals surface area contributed by atoms with E-state index in [0.717, 1.165) is 18.0 Å². The van der Waals surface area contributed by atoms with Gasteiger partial charge in [0.25, 0.3) is 0 Å². The zero-order chi connectivity index (χ0) is 26.4. The van der Waals surface area contributed by atoms with Crippen LogP contribution in [-0.4, -0.2) is 60.6 Å². The van der Waals surface area contributed by atoms with Crippen LogP contribution in [0, 0.1) is 5.41 Å². The Morgan fingerprint density at radius 3 is 2.49 bits per heavy atom. The maximum absolute atomic E-state index is 15.6. The lowest BCUT2D eigenvalue weighted by atomic mass is 9.74. The molecule has 2 heterocycles. The first-order valence-corrected chi connectivity index (χ1v) is 13.7. The standard InChI is InChI=1S/C28H32ClFN2O4S/c1-35-19-3-6-21(7-4-19)37-16-15-32-13-11-28(12-14-32,27(33)34)10-9-24(30)26-22-17-20(36-2)5-8-25(22)31-18-23(26)29/h3-8,17-18,24H,9-16H2,1-2H3,(H,33,34)/t24-/m1/s1. The number of likely N-dealkylation sites (tertiary alicyclic amines) is 1. The first-order valence-electron chi connectivity index (χ1n) is 12.3. The molecule has 0 amide bonds. The number of alkyl halides is 1. The van der Waals surface area contributed by atoms with Crippen molar-refractivity contribution in [1.29, 1.82) is 0 Å². The lowest BCUT2D eigenvalue weighted by Gasteiger charge is -2.39. The molecular formula is C28H32ClFN2O4S. The molecule has 6 nitrogen and oxygen atoms in total. The predicted molar refractivity (Wildman–Crippen MR) is 146 cm³/mol. The average Bonchev–Trinajstić information content (AvgIpc) is 2.92. The molecule has 0 radical (unpaired) electrons. The monoisotopic (exact) mass is 546 g/mol. The number of rotatable bonds is 11. The zero-order valence-electron chi connectivity index (χ0n) is 21.1. The van der Waals surface area contributed by atoms with Crippen LogP contribution in [0.15, 0.2) is 53.6 Å². The smallest absolute Gasteiger partial charge is 0.309 e. The highest BCUT2D eigenvalue weighted by Gasteiger charge is 2.41. The summed E-state index contributed by atoms with van der Waals surface area (Å²) in [7, 11) is 3.20. The highest BCUT2D eigenvalue weighted by atomic mass is 35.5. The predicted octanol–water partition coefficient (Wildman–Crippen LogP) is 6.66. The van der Waals surface area contributed by atoms with Crippen LogP contribution in [0.25, 0.3) is 10.9 Å². The van der Waals surface area contributed by atoms with E-state index in [2.05, 4.69) is 9.88 Å². The minimum Gasteiger partial charge on any atom is -0.497 e. The number of pyridine rings is 1. The Kier molecular flexibility index (Phi) is 9.16. The maximum atomic E-state index is 15.6. The number of carbonyl (C=O) groups is 1. The van der Waals surface area contributed by atoms with Crippen molar-refractivity contribution in [3.8, 4) is 11.5 Å². The largest absolute Gasteiger partial charge is 0.497 e. The van der Waals surface area contributed by atoms with Crippen LogP contribution in [0.2, 0.25) is 5.02 Å². The van der Waals surface area contributed by atoms with E-state index in [-0.39, 0.29) is 17.9 Å². The van der Waals surface area contributed by atoms with Gasteiger partial charge in [0.05, 0.1) is 30.2 Å². The molecule has 2 aromatic carbocycles. The van der Waals surface area contributed by atoms with Gasteiger partial charge < -0.3 is 19.5 Å². The molecule has 4 rings (SSSR count). The van der Waals surface area contributed by atoms with E-state index in [1.54, 1.807) is 44.2 Å². The van der Waals surface area contributed by atoms with E-state index in [4.69, 9.17) is 21.1 Å². The summed E-state index contributed by atoms with van der Waals surface area (Å²) in [4.78, 5) is 20.1. The van der Waals surface area contributed by atoms with Crippen LogP contribution in [0.1, 0.15) is 37.4 Å². The summed E-state index contributed by atoms with van der Waals surface area (Å²) in [5.74, 6) is 1.49. The Balaban J connectivity index is 1.35. The fraction of sp³-hybridized carbons (Fsp3) is 0.429.